The molecule has 0 aromatic heterocycles. The Kier molecular flexibility index (Phi) is 4.94. The lowest BCUT2D eigenvalue weighted by molar-refractivity contribution is -0.383. The summed E-state index contributed by atoms with van der Waals surface area (Å²) in [5, 5.41) is 14.4. The number of nitrogens with one attached hydrogen (secondary N) is 1. The molecular formula is C20H15N3O4. The van der Waals surface area contributed by atoms with E-state index in [1.807, 2.05) is 0 Å². The third-order valence-corrected chi connectivity index (χ3v) is 3.94. The van der Waals surface area contributed by atoms with Gasteiger partial charge in [0.05, 0.1) is 4.92 Å². The maximum Gasteiger partial charge on any atom is 0.293 e. The average Bonchev–Trinajstić information content (AvgIpc) is 2.68. The topological polar surface area (TPSA) is 115 Å². The van der Waals surface area contributed by atoms with E-state index in [2.05, 4.69) is 5.32 Å². The van der Waals surface area contributed by atoms with Crippen molar-refractivity contribution in [1.82, 2.24) is 0 Å². The number of hydrogen-bond acceptors (Lipinski definition) is 5. The van der Waals surface area contributed by atoms with Gasteiger partial charge < -0.3 is 11.1 Å². The van der Waals surface area contributed by atoms with Gasteiger partial charge in [-0.15, -0.1) is 0 Å². The second kappa shape index (κ2) is 7.49. The number of anilines is 2. The Balaban J connectivity index is 1.91. The second-order valence-corrected chi connectivity index (χ2v) is 5.75. The van der Waals surface area contributed by atoms with Gasteiger partial charge in [0.25, 0.3) is 5.69 Å². The van der Waals surface area contributed by atoms with Gasteiger partial charge in [0, 0.05) is 28.4 Å². The molecule has 3 rings (SSSR count). The van der Waals surface area contributed by atoms with Crippen molar-refractivity contribution in [3.05, 3.63) is 99.6 Å². The summed E-state index contributed by atoms with van der Waals surface area (Å²) in [5.74, 6) is -0.854. The SMILES string of the molecule is NC(=O)c1ccc(Nc2ccc(C(=O)c3ccccc3)cc2[N+](=O)[O-])cc1. The largest absolute Gasteiger partial charge is 0.366 e. The normalized spacial score (nSPS) is 10.2. The number of nitrogens with zero attached hydrogens (tertiary/aromatic N) is 1. The van der Waals surface area contributed by atoms with E-state index in [1.54, 1.807) is 42.5 Å². The Hall–Kier alpha value is -4.00. The molecule has 0 saturated carbocycles. The Bertz CT molecular complexity index is 1020. The van der Waals surface area contributed by atoms with Crippen LogP contribution in [0.2, 0.25) is 0 Å². The van der Waals surface area contributed by atoms with Crippen molar-refractivity contribution in [2.75, 3.05) is 5.32 Å². The van der Waals surface area contributed by atoms with E-state index in [9.17, 15) is 19.7 Å². The Morgan fingerprint density at radius 3 is 2.07 bits per heavy atom. The summed E-state index contributed by atoms with van der Waals surface area (Å²) >= 11 is 0. The first-order valence-corrected chi connectivity index (χ1v) is 8.01. The van der Waals surface area contributed by atoms with Gasteiger partial charge >= 0.3 is 0 Å². The van der Waals surface area contributed by atoms with Gasteiger partial charge in [-0.2, -0.15) is 0 Å². The van der Waals surface area contributed by atoms with Gasteiger partial charge in [0.1, 0.15) is 5.69 Å². The van der Waals surface area contributed by atoms with E-state index in [4.69, 9.17) is 5.73 Å². The van der Waals surface area contributed by atoms with E-state index in [0.29, 0.717) is 16.8 Å². The lowest BCUT2D eigenvalue weighted by Crippen LogP contribution is -2.10. The second-order valence-electron chi connectivity index (χ2n) is 5.75. The van der Waals surface area contributed by atoms with Crippen molar-refractivity contribution >= 4 is 28.8 Å². The van der Waals surface area contributed by atoms with Crippen molar-refractivity contribution in [1.29, 1.82) is 0 Å². The smallest absolute Gasteiger partial charge is 0.293 e. The summed E-state index contributed by atoms with van der Waals surface area (Å²) in [6, 6.07) is 19.0. The molecule has 3 N–H and O–H groups in total. The number of amides is 1. The zero-order valence-corrected chi connectivity index (χ0v) is 14.1. The number of benzene rings is 3. The molecule has 7 heteroatoms. The fourth-order valence-electron chi connectivity index (χ4n) is 2.56. The molecule has 0 unspecified atom stereocenters. The molecule has 3 aromatic rings. The molecule has 7 nitrogen and oxygen atoms in total. The van der Waals surface area contributed by atoms with Crippen LogP contribution in [0.1, 0.15) is 26.3 Å². The van der Waals surface area contributed by atoms with E-state index >= 15 is 0 Å². The van der Waals surface area contributed by atoms with E-state index in [-0.39, 0.29) is 22.7 Å². The summed E-state index contributed by atoms with van der Waals surface area (Å²) in [7, 11) is 0. The molecule has 0 aliphatic rings. The van der Waals surface area contributed by atoms with Crippen LogP contribution in [0.5, 0.6) is 0 Å². The standard InChI is InChI=1S/C20H15N3O4/c21-20(25)14-6-9-16(10-7-14)22-17-11-8-15(12-18(17)23(26)27)19(24)13-4-2-1-3-5-13/h1-12,22H,(H2,21,25). The highest BCUT2D eigenvalue weighted by Gasteiger charge is 2.18. The number of nitro groups is 1. The minimum Gasteiger partial charge on any atom is -0.366 e. The number of carbonyl (C=O) groups excluding carboxylic acids is 2. The maximum absolute atomic E-state index is 12.5. The van der Waals surface area contributed by atoms with Crippen molar-refractivity contribution in [2.45, 2.75) is 0 Å². The number of primary amides is 1. The molecular weight excluding hydrogens is 346 g/mol. The van der Waals surface area contributed by atoms with Crippen LogP contribution >= 0.6 is 0 Å². The Morgan fingerprint density at radius 1 is 0.852 bits per heavy atom. The summed E-state index contributed by atoms with van der Waals surface area (Å²) < 4.78 is 0. The van der Waals surface area contributed by atoms with Crippen molar-refractivity contribution in [3.63, 3.8) is 0 Å². The first kappa shape index (κ1) is 17.8. The van der Waals surface area contributed by atoms with E-state index < -0.39 is 10.8 Å². The van der Waals surface area contributed by atoms with Crippen molar-refractivity contribution in [3.8, 4) is 0 Å². The van der Waals surface area contributed by atoms with Crippen LogP contribution in [0, 0.1) is 10.1 Å². The molecule has 3 aromatic carbocycles. The van der Waals surface area contributed by atoms with Crippen LogP contribution in [-0.2, 0) is 0 Å². The predicted molar refractivity (Wildman–Crippen MR) is 101 cm³/mol. The third-order valence-electron chi connectivity index (χ3n) is 3.94. The molecule has 27 heavy (non-hydrogen) atoms. The minimum absolute atomic E-state index is 0.225. The number of carbonyl (C=O) groups is 2. The first-order valence-electron chi connectivity index (χ1n) is 8.01. The predicted octanol–water partition coefficient (Wildman–Crippen LogP) is 3.67. The van der Waals surface area contributed by atoms with Crippen molar-refractivity contribution in [2.24, 2.45) is 5.73 Å². The molecule has 0 aliphatic carbocycles. The molecule has 0 saturated heterocycles. The third kappa shape index (κ3) is 3.98. The average molecular weight is 361 g/mol. The monoisotopic (exact) mass is 361 g/mol. The maximum atomic E-state index is 12.5. The van der Waals surface area contributed by atoms with E-state index in [1.165, 1.54) is 30.3 Å². The van der Waals surface area contributed by atoms with Gasteiger partial charge in [0.15, 0.2) is 5.78 Å². The number of hydrogen-bond donors (Lipinski definition) is 2. The summed E-state index contributed by atoms with van der Waals surface area (Å²) in [4.78, 5) is 34.5. The molecule has 134 valence electrons. The Labute approximate surface area is 154 Å². The van der Waals surface area contributed by atoms with Crippen LogP contribution in [0.3, 0.4) is 0 Å². The molecule has 1 amide bonds. The highest BCUT2D eigenvalue weighted by molar-refractivity contribution is 6.09. The van der Waals surface area contributed by atoms with Gasteiger partial charge in [0.2, 0.25) is 5.91 Å². The fourth-order valence-corrected chi connectivity index (χ4v) is 2.56. The lowest BCUT2D eigenvalue weighted by atomic mass is 10.0. The number of rotatable bonds is 6. The molecule has 0 fully saturated rings. The van der Waals surface area contributed by atoms with Crippen LogP contribution < -0.4 is 11.1 Å². The molecule has 0 atom stereocenters. The number of ketones is 1. The van der Waals surface area contributed by atoms with Crippen LogP contribution in [0.15, 0.2) is 72.8 Å². The zero-order chi connectivity index (χ0) is 19.4. The molecule has 0 heterocycles. The number of nitrogens with two attached hydrogens (primary N) is 1. The highest BCUT2D eigenvalue weighted by atomic mass is 16.6. The van der Waals surface area contributed by atoms with Gasteiger partial charge in [-0.1, -0.05) is 30.3 Å². The minimum atomic E-state index is -0.559. The quantitative estimate of drug-likeness (QED) is 0.395. The molecule has 0 bridgehead atoms. The van der Waals surface area contributed by atoms with Gasteiger partial charge in [-0.25, -0.2) is 0 Å². The van der Waals surface area contributed by atoms with Gasteiger partial charge in [-0.05, 0) is 36.4 Å². The Morgan fingerprint density at radius 2 is 1.48 bits per heavy atom. The zero-order valence-electron chi connectivity index (χ0n) is 14.1. The summed E-state index contributed by atoms with van der Waals surface area (Å²) in [6.45, 7) is 0. The van der Waals surface area contributed by atoms with Crippen LogP contribution in [-0.4, -0.2) is 16.6 Å². The number of nitro benzene ring substituents is 1. The van der Waals surface area contributed by atoms with Crippen molar-refractivity contribution < 1.29 is 14.5 Å². The first-order chi connectivity index (χ1) is 13.0. The fraction of sp³-hybridized carbons (Fsp3) is 0. The molecule has 0 aliphatic heterocycles. The molecule has 0 spiro atoms. The lowest BCUT2D eigenvalue weighted by Gasteiger charge is -2.09. The summed E-state index contributed by atoms with van der Waals surface area (Å²) in [6.07, 6.45) is 0. The molecule has 0 radical (unpaired) electrons. The summed E-state index contributed by atoms with van der Waals surface area (Å²) in [5.41, 5.74) is 6.76. The van der Waals surface area contributed by atoms with Crippen LogP contribution in [0.25, 0.3) is 0 Å². The highest BCUT2D eigenvalue weighted by Crippen LogP contribution is 2.29. The van der Waals surface area contributed by atoms with Gasteiger partial charge in [-0.3, -0.25) is 19.7 Å². The van der Waals surface area contributed by atoms with Crippen LogP contribution in [0.4, 0.5) is 17.1 Å². The van der Waals surface area contributed by atoms with E-state index in [0.717, 1.165) is 0 Å².